The van der Waals surface area contributed by atoms with E-state index in [0.29, 0.717) is 21.7 Å². The molecule has 0 saturated heterocycles. The van der Waals surface area contributed by atoms with Crippen molar-refractivity contribution >= 4 is 45.0 Å². The van der Waals surface area contributed by atoms with Crippen LogP contribution in [0.15, 0.2) is 82.8 Å². The van der Waals surface area contributed by atoms with E-state index in [4.69, 9.17) is 11.6 Å². The normalized spacial score (nSPS) is 11.6. The number of amides is 1. The number of nitrogens with one attached hydrogen (secondary N) is 1. The van der Waals surface area contributed by atoms with Crippen LogP contribution in [-0.2, 0) is 14.8 Å². The molecule has 4 rings (SSSR count). The molecule has 4 aromatic rings. The Labute approximate surface area is 219 Å². The highest BCUT2D eigenvalue weighted by Crippen LogP contribution is 2.29. The molecule has 0 atom stereocenters. The topological polar surface area (TPSA) is 97.2 Å². The Morgan fingerprint density at radius 2 is 1.72 bits per heavy atom. The van der Waals surface area contributed by atoms with Crippen molar-refractivity contribution in [3.05, 3.63) is 83.4 Å². The zero-order valence-electron chi connectivity index (χ0n) is 19.8. The molecule has 8 nitrogen and oxygen atoms in total. The highest BCUT2D eigenvalue weighted by atomic mass is 35.5. The second-order valence-electron chi connectivity index (χ2n) is 8.09. The lowest BCUT2D eigenvalue weighted by atomic mass is 10.2. The Hall–Kier alpha value is -3.18. The van der Waals surface area contributed by atoms with E-state index < -0.39 is 10.0 Å². The number of aromatic nitrogens is 3. The Bertz CT molecular complexity index is 1490. The number of carbonyl (C=O) groups is 1. The van der Waals surface area contributed by atoms with E-state index in [2.05, 4.69) is 15.5 Å². The van der Waals surface area contributed by atoms with Crippen molar-refractivity contribution in [2.24, 2.45) is 0 Å². The summed E-state index contributed by atoms with van der Waals surface area (Å²) in [7, 11) is -0.696. The van der Waals surface area contributed by atoms with Gasteiger partial charge < -0.3 is 5.32 Å². The van der Waals surface area contributed by atoms with E-state index in [-0.39, 0.29) is 16.6 Å². The zero-order valence-corrected chi connectivity index (χ0v) is 22.2. The van der Waals surface area contributed by atoms with Crippen molar-refractivity contribution in [3.8, 4) is 17.1 Å². The molecule has 1 N–H and O–H groups in total. The third-order valence-electron chi connectivity index (χ3n) is 5.34. The van der Waals surface area contributed by atoms with E-state index >= 15 is 0 Å². The predicted octanol–water partition coefficient (Wildman–Crippen LogP) is 4.88. The molecule has 11 heteroatoms. The maximum Gasteiger partial charge on any atom is 0.242 e. The van der Waals surface area contributed by atoms with Crippen LogP contribution in [0, 0.1) is 6.92 Å². The van der Waals surface area contributed by atoms with Gasteiger partial charge in [0.2, 0.25) is 15.9 Å². The van der Waals surface area contributed by atoms with Gasteiger partial charge in [0.15, 0.2) is 11.0 Å². The van der Waals surface area contributed by atoms with Crippen molar-refractivity contribution in [3.63, 3.8) is 0 Å². The van der Waals surface area contributed by atoms with Crippen LogP contribution in [0.25, 0.3) is 17.1 Å². The number of rotatable bonds is 8. The lowest BCUT2D eigenvalue weighted by molar-refractivity contribution is -0.113. The maximum atomic E-state index is 12.8. The Morgan fingerprint density at radius 3 is 2.39 bits per heavy atom. The van der Waals surface area contributed by atoms with Crippen molar-refractivity contribution < 1.29 is 13.2 Å². The zero-order chi connectivity index (χ0) is 25.9. The number of benzene rings is 3. The average molecular weight is 542 g/mol. The minimum atomic E-state index is -3.62. The van der Waals surface area contributed by atoms with Crippen LogP contribution in [0.5, 0.6) is 0 Å². The smallest absolute Gasteiger partial charge is 0.242 e. The Morgan fingerprint density at radius 1 is 1.03 bits per heavy atom. The molecule has 0 bridgehead atoms. The van der Waals surface area contributed by atoms with E-state index in [1.54, 1.807) is 25.1 Å². The van der Waals surface area contributed by atoms with Gasteiger partial charge >= 0.3 is 0 Å². The summed E-state index contributed by atoms with van der Waals surface area (Å²) in [5.74, 6) is 0.381. The van der Waals surface area contributed by atoms with Gasteiger partial charge in [-0.15, -0.1) is 10.2 Å². The van der Waals surface area contributed by atoms with Gasteiger partial charge in [0, 0.05) is 36.1 Å². The van der Waals surface area contributed by atoms with E-state index in [1.165, 1.54) is 38.0 Å². The van der Waals surface area contributed by atoms with Gasteiger partial charge in [-0.05, 0) is 61.0 Å². The molecule has 186 valence electrons. The van der Waals surface area contributed by atoms with Gasteiger partial charge in [-0.3, -0.25) is 9.36 Å². The fourth-order valence-corrected chi connectivity index (χ4v) is 5.19. The number of hydrogen-bond acceptors (Lipinski definition) is 6. The number of aryl methyl sites for hydroxylation is 1. The lowest BCUT2D eigenvalue weighted by Crippen LogP contribution is -2.22. The molecule has 0 fully saturated rings. The summed E-state index contributed by atoms with van der Waals surface area (Å²) in [5.41, 5.74) is 2.88. The molecular weight excluding hydrogens is 518 g/mol. The lowest BCUT2D eigenvalue weighted by Gasteiger charge is -2.14. The van der Waals surface area contributed by atoms with Crippen LogP contribution < -0.4 is 5.32 Å². The highest BCUT2D eigenvalue weighted by molar-refractivity contribution is 7.99. The SMILES string of the molecule is Cc1ccc(S(=O)(=O)N(C)C)cc1NC(=O)CSc1nnc(-c2ccc(Cl)cc2)n1-c1ccccc1. The van der Waals surface area contributed by atoms with Crippen LogP contribution in [0.4, 0.5) is 5.69 Å². The minimum Gasteiger partial charge on any atom is -0.325 e. The molecule has 0 aliphatic rings. The van der Waals surface area contributed by atoms with Crippen molar-refractivity contribution in [2.45, 2.75) is 17.0 Å². The van der Waals surface area contributed by atoms with Crippen LogP contribution in [0.3, 0.4) is 0 Å². The molecule has 1 heterocycles. The molecule has 0 aliphatic carbocycles. The molecule has 0 radical (unpaired) electrons. The highest BCUT2D eigenvalue weighted by Gasteiger charge is 2.20. The molecule has 0 spiro atoms. The number of sulfonamides is 1. The van der Waals surface area contributed by atoms with Crippen LogP contribution >= 0.6 is 23.4 Å². The van der Waals surface area contributed by atoms with E-state index in [1.807, 2.05) is 47.0 Å². The Balaban J connectivity index is 1.57. The second-order valence-corrected chi connectivity index (χ2v) is 11.6. The number of thioether (sulfide) groups is 1. The third kappa shape index (κ3) is 5.62. The van der Waals surface area contributed by atoms with Crippen molar-refractivity contribution in [1.29, 1.82) is 0 Å². The summed E-state index contributed by atoms with van der Waals surface area (Å²) in [5, 5.41) is 12.7. The van der Waals surface area contributed by atoms with Gasteiger partial charge in [0.25, 0.3) is 0 Å². The summed E-state index contributed by atoms with van der Waals surface area (Å²) >= 11 is 7.28. The molecule has 36 heavy (non-hydrogen) atoms. The molecule has 0 unspecified atom stereocenters. The quantitative estimate of drug-likeness (QED) is 0.319. The summed E-state index contributed by atoms with van der Waals surface area (Å²) in [6.45, 7) is 1.80. The van der Waals surface area contributed by atoms with Crippen molar-refractivity contribution in [1.82, 2.24) is 19.1 Å². The molecule has 3 aromatic carbocycles. The molecule has 1 amide bonds. The number of nitrogens with zero attached hydrogens (tertiary/aromatic N) is 4. The molecule has 0 saturated carbocycles. The Kier molecular flexibility index (Phi) is 7.79. The number of hydrogen-bond donors (Lipinski definition) is 1. The largest absolute Gasteiger partial charge is 0.325 e. The van der Waals surface area contributed by atoms with Gasteiger partial charge in [0.05, 0.1) is 10.6 Å². The van der Waals surface area contributed by atoms with Gasteiger partial charge in [-0.25, -0.2) is 12.7 Å². The fourth-order valence-electron chi connectivity index (χ4n) is 3.38. The monoisotopic (exact) mass is 541 g/mol. The predicted molar refractivity (Wildman–Crippen MR) is 143 cm³/mol. The first-order valence-electron chi connectivity index (χ1n) is 10.9. The second kappa shape index (κ2) is 10.8. The number of anilines is 1. The minimum absolute atomic E-state index is 0.0513. The van der Waals surface area contributed by atoms with Gasteiger partial charge in [-0.1, -0.05) is 47.6 Å². The standard InChI is InChI=1S/C25H24ClN5O3S2/c1-17-9-14-21(36(33,34)30(2)3)15-22(17)27-23(32)16-35-25-29-28-24(18-10-12-19(26)13-11-18)31(25)20-7-5-4-6-8-20/h4-15H,16H2,1-3H3,(H,27,32). The fraction of sp³-hybridized carbons (Fsp3) is 0.160. The number of carbonyl (C=O) groups excluding carboxylic acids is 1. The summed E-state index contributed by atoms with van der Waals surface area (Å²) in [4.78, 5) is 12.9. The number of para-hydroxylation sites is 1. The van der Waals surface area contributed by atoms with E-state index in [0.717, 1.165) is 21.1 Å². The van der Waals surface area contributed by atoms with E-state index in [9.17, 15) is 13.2 Å². The summed E-state index contributed by atoms with van der Waals surface area (Å²) < 4.78 is 28.0. The molecular formula is C25H24ClN5O3S2. The van der Waals surface area contributed by atoms with Gasteiger partial charge in [-0.2, -0.15) is 0 Å². The first kappa shape index (κ1) is 25.9. The van der Waals surface area contributed by atoms with Crippen LogP contribution in [0.2, 0.25) is 5.02 Å². The van der Waals surface area contributed by atoms with Gasteiger partial charge in [0.1, 0.15) is 0 Å². The van der Waals surface area contributed by atoms with Crippen molar-refractivity contribution in [2.75, 3.05) is 25.2 Å². The average Bonchev–Trinajstić information content (AvgIpc) is 3.29. The van der Waals surface area contributed by atoms with Crippen LogP contribution in [-0.4, -0.2) is 53.2 Å². The maximum absolute atomic E-state index is 12.8. The molecule has 0 aliphatic heterocycles. The van der Waals surface area contributed by atoms with Crippen LogP contribution in [0.1, 0.15) is 5.56 Å². The third-order valence-corrected chi connectivity index (χ3v) is 8.34. The first-order valence-corrected chi connectivity index (χ1v) is 13.7. The molecule has 1 aromatic heterocycles. The summed E-state index contributed by atoms with van der Waals surface area (Å²) in [6.07, 6.45) is 0. The summed E-state index contributed by atoms with van der Waals surface area (Å²) in [6, 6.07) is 21.6. The first-order chi connectivity index (χ1) is 17.2. The number of halogens is 1.